The monoisotopic (exact) mass is 613 g/mol. The van der Waals surface area contributed by atoms with Crippen LogP contribution in [-0.4, -0.2) is 20.2 Å². The summed E-state index contributed by atoms with van der Waals surface area (Å²) in [5.41, 5.74) is 2.49. The zero-order valence-electron chi connectivity index (χ0n) is 23.7. The van der Waals surface area contributed by atoms with Crippen LogP contribution in [0.4, 0.5) is 26.3 Å². The third kappa shape index (κ3) is 7.19. The molecular weight excluding hydrogens is 584 g/mol. The number of alkyl halides is 6. The van der Waals surface area contributed by atoms with Gasteiger partial charge < -0.3 is 19.5 Å². The molecular formula is C34H29F6NO3. The summed E-state index contributed by atoms with van der Waals surface area (Å²) >= 11 is 0. The van der Waals surface area contributed by atoms with E-state index in [-0.39, 0.29) is 24.7 Å². The first-order valence-corrected chi connectivity index (χ1v) is 13.8. The fourth-order valence-corrected chi connectivity index (χ4v) is 5.10. The number of hydrogen-bond acceptors (Lipinski definition) is 4. The number of benzene rings is 4. The maximum absolute atomic E-state index is 13.7. The molecule has 4 nitrogen and oxygen atoms in total. The minimum Gasteiger partial charge on any atom is -0.497 e. The van der Waals surface area contributed by atoms with E-state index in [1.807, 2.05) is 18.2 Å². The van der Waals surface area contributed by atoms with Crippen LogP contribution in [0.15, 0.2) is 91.0 Å². The zero-order chi connectivity index (χ0) is 31.3. The number of methoxy groups -OCH3 is 1. The second-order valence-electron chi connectivity index (χ2n) is 10.1. The van der Waals surface area contributed by atoms with Crippen LogP contribution in [0.5, 0.6) is 17.2 Å². The van der Waals surface area contributed by atoms with Gasteiger partial charge in [-0.15, -0.1) is 0 Å². The number of para-hydroxylation sites is 2. The lowest BCUT2D eigenvalue weighted by atomic mass is 9.89. The molecule has 230 valence electrons. The van der Waals surface area contributed by atoms with Crippen molar-refractivity contribution in [3.8, 4) is 28.4 Å². The van der Waals surface area contributed by atoms with Gasteiger partial charge in [-0.2, -0.15) is 26.3 Å². The van der Waals surface area contributed by atoms with E-state index in [0.29, 0.717) is 42.0 Å². The van der Waals surface area contributed by atoms with E-state index < -0.39 is 23.5 Å². The highest BCUT2D eigenvalue weighted by molar-refractivity contribution is 5.76. The van der Waals surface area contributed by atoms with Gasteiger partial charge in [0, 0.05) is 6.54 Å². The fourth-order valence-electron chi connectivity index (χ4n) is 5.10. The molecule has 1 N–H and O–H groups in total. The molecule has 0 unspecified atom stereocenters. The number of nitrogens with one attached hydrogen (secondary N) is 1. The van der Waals surface area contributed by atoms with Crippen molar-refractivity contribution >= 4 is 5.57 Å². The molecule has 1 heterocycles. The molecule has 0 saturated heterocycles. The third-order valence-electron chi connectivity index (χ3n) is 7.29. The van der Waals surface area contributed by atoms with Gasteiger partial charge in [-0.3, -0.25) is 0 Å². The molecule has 0 radical (unpaired) electrons. The van der Waals surface area contributed by atoms with Gasteiger partial charge in [0.05, 0.1) is 18.2 Å². The molecule has 4 aromatic rings. The van der Waals surface area contributed by atoms with Crippen molar-refractivity contribution in [1.82, 2.24) is 5.32 Å². The van der Waals surface area contributed by atoms with Gasteiger partial charge in [0.25, 0.3) is 0 Å². The first-order valence-electron chi connectivity index (χ1n) is 13.8. The Labute approximate surface area is 250 Å². The minimum absolute atomic E-state index is 0.172. The van der Waals surface area contributed by atoms with Crippen molar-refractivity contribution in [2.75, 3.05) is 20.2 Å². The summed E-state index contributed by atoms with van der Waals surface area (Å²) in [6, 6.07) is 20.8. The molecule has 1 aliphatic heterocycles. The average molecular weight is 614 g/mol. The molecule has 0 aromatic heterocycles. The lowest BCUT2D eigenvalue weighted by molar-refractivity contribution is -0.139. The van der Waals surface area contributed by atoms with Gasteiger partial charge in [0.15, 0.2) is 0 Å². The van der Waals surface area contributed by atoms with Crippen LogP contribution in [0, 0.1) is 0 Å². The van der Waals surface area contributed by atoms with E-state index in [2.05, 4.69) is 5.32 Å². The summed E-state index contributed by atoms with van der Waals surface area (Å²) < 4.78 is 99.0. The summed E-state index contributed by atoms with van der Waals surface area (Å²) in [5.74, 6) is 0.00124. The molecule has 0 fully saturated rings. The van der Waals surface area contributed by atoms with Gasteiger partial charge in [-0.25, -0.2) is 0 Å². The van der Waals surface area contributed by atoms with Crippen LogP contribution in [0.25, 0.3) is 16.7 Å². The summed E-state index contributed by atoms with van der Waals surface area (Å²) in [5, 5.41) is 3.24. The normalized spacial score (nSPS) is 13.8. The van der Waals surface area contributed by atoms with Crippen molar-refractivity contribution in [2.45, 2.75) is 32.0 Å². The molecule has 0 bridgehead atoms. The zero-order valence-corrected chi connectivity index (χ0v) is 23.7. The summed E-state index contributed by atoms with van der Waals surface area (Å²) in [6.07, 6.45) is -6.57. The van der Waals surface area contributed by atoms with Crippen LogP contribution in [0.3, 0.4) is 0 Å². The fraction of sp³-hybridized carbons (Fsp3) is 0.235. The summed E-state index contributed by atoms with van der Waals surface area (Å²) in [6.45, 7) is 0.922. The Morgan fingerprint density at radius 1 is 0.682 bits per heavy atom. The summed E-state index contributed by atoms with van der Waals surface area (Å²) in [4.78, 5) is 0. The molecule has 0 spiro atoms. The second kappa shape index (κ2) is 13.1. The number of rotatable bonds is 9. The van der Waals surface area contributed by atoms with Gasteiger partial charge in [-0.1, -0.05) is 42.5 Å². The van der Waals surface area contributed by atoms with E-state index in [4.69, 9.17) is 14.2 Å². The van der Waals surface area contributed by atoms with E-state index in [1.54, 1.807) is 24.3 Å². The van der Waals surface area contributed by atoms with Crippen LogP contribution in [-0.2, 0) is 25.6 Å². The lowest BCUT2D eigenvalue weighted by Crippen LogP contribution is -2.20. The van der Waals surface area contributed by atoms with Crippen molar-refractivity contribution < 1.29 is 40.6 Å². The topological polar surface area (TPSA) is 39.7 Å². The van der Waals surface area contributed by atoms with Crippen LogP contribution < -0.4 is 19.5 Å². The molecule has 0 saturated carbocycles. The first kappa shape index (κ1) is 31.0. The second-order valence-corrected chi connectivity index (χ2v) is 10.1. The molecule has 1 aliphatic rings. The van der Waals surface area contributed by atoms with Crippen molar-refractivity contribution in [3.63, 3.8) is 0 Å². The Morgan fingerprint density at radius 3 is 1.70 bits per heavy atom. The molecule has 4 aromatic carbocycles. The molecule has 0 amide bonds. The predicted octanol–water partition coefficient (Wildman–Crippen LogP) is 8.93. The van der Waals surface area contributed by atoms with E-state index in [0.717, 1.165) is 28.8 Å². The number of halogens is 6. The van der Waals surface area contributed by atoms with E-state index in [9.17, 15) is 26.3 Å². The van der Waals surface area contributed by atoms with Crippen molar-refractivity contribution in [3.05, 3.63) is 119 Å². The van der Waals surface area contributed by atoms with Crippen molar-refractivity contribution in [1.29, 1.82) is 0 Å². The highest BCUT2D eigenvalue weighted by Crippen LogP contribution is 2.39. The highest BCUT2D eigenvalue weighted by atomic mass is 19.4. The molecule has 10 heteroatoms. The Balaban J connectivity index is 1.59. The quantitative estimate of drug-likeness (QED) is 0.191. The largest absolute Gasteiger partial charge is 0.497 e. The van der Waals surface area contributed by atoms with E-state index >= 15 is 0 Å². The van der Waals surface area contributed by atoms with Crippen LogP contribution in [0.2, 0.25) is 0 Å². The standard InChI is InChI=1S/C34H29F6NO3/c1-42-26-12-10-22(11-13-26)27-18-25(21-44-32-9-5-3-7-30(32)34(38,39)40)28(23-14-16-41-17-15-23)19-24(27)20-43-31-8-4-2-6-29(31)33(35,36)37/h2-14,18-19,41H,15-17,20-21H2,1H3. The predicted molar refractivity (Wildman–Crippen MR) is 155 cm³/mol. The minimum atomic E-state index is -4.60. The van der Waals surface area contributed by atoms with Gasteiger partial charge in [-0.05, 0) is 94.9 Å². The van der Waals surface area contributed by atoms with Crippen LogP contribution >= 0.6 is 0 Å². The molecule has 44 heavy (non-hydrogen) atoms. The molecule has 0 atom stereocenters. The SMILES string of the molecule is COc1ccc(-c2cc(COc3ccccc3C(F)(F)F)c(C3=CCNCC3)cc2COc2ccccc2C(F)(F)F)cc1. The number of hydrogen-bond donors (Lipinski definition) is 1. The van der Waals surface area contributed by atoms with Crippen LogP contribution in [0.1, 0.15) is 34.2 Å². The Morgan fingerprint density at radius 2 is 1.20 bits per heavy atom. The first-order chi connectivity index (χ1) is 21.0. The maximum Gasteiger partial charge on any atom is 0.419 e. The Kier molecular flexibility index (Phi) is 9.20. The third-order valence-corrected chi connectivity index (χ3v) is 7.29. The Bertz CT molecular complexity index is 1630. The molecule has 5 rings (SSSR count). The maximum atomic E-state index is 13.7. The smallest absolute Gasteiger partial charge is 0.419 e. The lowest BCUT2D eigenvalue weighted by Gasteiger charge is -2.22. The van der Waals surface area contributed by atoms with E-state index in [1.165, 1.54) is 43.5 Å². The van der Waals surface area contributed by atoms with Gasteiger partial charge in [0.1, 0.15) is 30.5 Å². The average Bonchev–Trinajstić information content (AvgIpc) is 3.02. The van der Waals surface area contributed by atoms with Gasteiger partial charge >= 0.3 is 12.4 Å². The summed E-state index contributed by atoms with van der Waals surface area (Å²) in [7, 11) is 1.53. The van der Waals surface area contributed by atoms with Gasteiger partial charge in [0.2, 0.25) is 0 Å². The Hall–Kier alpha value is -4.44. The molecule has 0 aliphatic carbocycles. The highest BCUT2D eigenvalue weighted by Gasteiger charge is 2.35. The number of ether oxygens (including phenoxy) is 3. The van der Waals surface area contributed by atoms with Crippen molar-refractivity contribution in [2.24, 2.45) is 0 Å².